The first-order valence-corrected chi connectivity index (χ1v) is 5.73. The van der Waals surface area contributed by atoms with Crippen LogP contribution in [0.15, 0.2) is 16.7 Å². The first-order valence-electron chi connectivity index (χ1n) is 4.94. The number of hydrogen-bond donors (Lipinski definition) is 1. The lowest BCUT2D eigenvalue weighted by Crippen LogP contribution is -2.30. The number of aromatic nitrogens is 1. The lowest BCUT2D eigenvalue weighted by atomic mass is 10.0. The maximum absolute atomic E-state index is 10.9. The summed E-state index contributed by atoms with van der Waals surface area (Å²) in [6.07, 6.45) is 2.39. The maximum Gasteiger partial charge on any atom is 0.312 e. The van der Waals surface area contributed by atoms with Crippen molar-refractivity contribution in [2.24, 2.45) is 0 Å². The van der Waals surface area contributed by atoms with Gasteiger partial charge >= 0.3 is 5.69 Å². The number of nitrogens with one attached hydrogen (secondary N) is 1. The minimum atomic E-state index is -0.439. The topological polar surface area (TPSA) is 68.1 Å². The summed E-state index contributed by atoms with van der Waals surface area (Å²) in [5.74, 6) is 0.306. The monoisotopic (exact) mass is 287 g/mol. The lowest BCUT2D eigenvalue weighted by Gasteiger charge is -2.24. The SMILES string of the molecule is CCC(C)(C)Nc1ncc(Br)cc1[N+](=O)[O-]. The number of anilines is 1. The van der Waals surface area contributed by atoms with Crippen molar-refractivity contribution in [2.45, 2.75) is 32.7 Å². The average molecular weight is 288 g/mol. The molecule has 1 heterocycles. The third kappa shape index (κ3) is 3.16. The van der Waals surface area contributed by atoms with Gasteiger partial charge in [-0.25, -0.2) is 4.98 Å². The van der Waals surface area contributed by atoms with Crippen LogP contribution >= 0.6 is 15.9 Å². The molecule has 0 aliphatic rings. The summed E-state index contributed by atoms with van der Waals surface area (Å²) in [6.45, 7) is 5.96. The molecular formula is C10H14BrN3O2. The molecule has 0 amide bonds. The summed E-state index contributed by atoms with van der Waals surface area (Å²) in [5.41, 5.74) is -0.234. The van der Waals surface area contributed by atoms with E-state index in [0.717, 1.165) is 6.42 Å². The van der Waals surface area contributed by atoms with Crippen LogP contribution in [-0.2, 0) is 0 Å². The Bertz CT molecular complexity index is 407. The number of hydrogen-bond acceptors (Lipinski definition) is 4. The maximum atomic E-state index is 10.9. The van der Waals surface area contributed by atoms with Crippen LogP contribution in [0, 0.1) is 10.1 Å². The van der Waals surface area contributed by atoms with Gasteiger partial charge in [0.2, 0.25) is 5.82 Å². The zero-order valence-electron chi connectivity index (χ0n) is 9.45. The van der Waals surface area contributed by atoms with Crippen molar-refractivity contribution in [1.29, 1.82) is 0 Å². The lowest BCUT2D eigenvalue weighted by molar-refractivity contribution is -0.384. The van der Waals surface area contributed by atoms with Gasteiger partial charge in [0.05, 0.1) is 4.92 Å². The Hall–Kier alpha value is -1.17. The second kappa shape index (κ2) is 4.78. The molecule has 0 saturated heterocycles. The minimum Gasteiger partial charge on any atom is -0.359 e. The summed E-state index contributed by atoms with van der Waals surface area (Å²) >= 11 is 3.17. The molecule has 0 fully saturated rings. The Labute approximate surface area is 103 Å². The molecule has 0 aromatic carbocycles. The van der Waals surface area contributed by atoms with Crippen molar-refractivity contribution in [3.05, 3.63) is 26.9 Å². The Morgan fingerprint density at radius 2 is 2.25 bits per heavy atom. The molecule has 6 heteroatoms. The van der Waals surface area contributed by atoms with Gasteiger partial charge in [0.25, 0.3) is 0 Å². The zero-order chi connectivity index (χ0) is 12.3. The Morgan fingerprint density at radius 3 is 2.75 bits per heavy atom. The molecule has 0 aliphatic heterocycles. The van der Waals surface area contributed by atoms with Crippen LogP contribution in [0.1, 0.15) is 27.2 Å². The van der Waals surface area contributed by atoms with Crippen molar-refractivity contribution < 1.29 is 4.92 Å². The molecule has 88 valence electrons. The van der Waals surface area contributed by atoms with Crippen LogP contribution < -0.4 is 5.32 Å². The largest absolute Gasteiger partial charge is 0.359 e. The van der Waals surface area contributed by atoms with E-state index in [1.807, 2.05) is 20.8 Å². The number of rotatable bonds is 4. The van der Waals surface area contributed by atoms with Gasteiger partial charge in [0.1, 0.15) is 0 Å². The molecule has 0 atom stereocenters. The molecule has 0 radical (unpaired) electrons. The Morgan fingerprint density at radius 1 is 1.62 bits per heavy atom. The Kier molecular flexibility index (Phi) is 3.85. The van der Waals surface area contributed by atoms with Gasteiger partial charge in [-0.3, -0.25) is 10.1 Å². The highest BCUT2D eigenvalue weighted by Crippen LogP contribution is 2.28. The number of nitro groups is 1. The third-order valence-corrected chi connectivity index (χ3v) is 2.81. The van der Waals surface area contributed by atoms with Gasteiger partial charge < -0.3 is 5.32 Å². The fourth-order valence-corrected chi connectivity index (χ4v) is 1.39. The first-order chi connectivity index (χ1) is 7.35. The van der Waals surface area contributed by atoms with E-state index in [-0.39, 0.29) is 11.2 Å². The van der Waals surface area contributed by atoms with Gasteiger partial charge in [0.15, 0.2) is 0 Å². The van der Waals surface area contributed by atoms with Gasteiger partial charge in [-0.15, -0.1) is 0 Å². The van der Waals surface area contributed by atoms with E-state index in [1.165, 1.54) is 6.07 Å². The summed E-state index contributed by atoms with van der Waals surface area (Å²) < 4.78 is 0.596. The molecule has 1 aromatic rings. The van der Waals surface area contributed by atoms with Crippen molar-refractivity contribution in [3.63, 3.8) is 0 Å². The molecule has 0 unspecified atom stereocenters. The molecule has 1 aromatic heterocycles. The van der Waals surface area contributed by atoms with Gasteiger partial charge in [0, 0.05) is 22.3 Å². The molecule has 16 heavy (non-hydrogen) atoms. The highest BCUT2D eigenvalue weighted by atomic mass is 79.9. The van der Waals surface area contributed by atoms with Crippen LogP contribution in [0.2, 0.25) is 0 Å². The highest BCUT2D eigenvalue weighted by molar-refractivity contribution is 9.10. The molecule has 0 aliphatic carbocycles. The predicted octanol–water partition coefficient (Wildman–Crippen LogP) is 3.35. The predicted molar refractivity (Wildman–Crippen MR) is 66.6 cm³/mol. The summed E-state index contributed by atoms with van der Waals surface area (Å²) in [6, 6.07) is 1.45. The number of halogens is 1. The quantitative estimate of drug-likeness (QED) is 0.681. The van der Waals surface area contributed by atoms with Crippen LogP contribution in [-0.4, -0.2) is 15.4 Å². The van der Waals surface area contributed by atoms with Gasteiger partial charge in [-0.1, -0.05) is 6.92 Å². The molecule has 0 bridgehead atoms. The second-order valence-electron chi connectivity index (χ2n) is 4.14. The fraction of sp³-hybridized carbons (Fsp3) is 0.500. The average Bonchev–Trinajstić information content (AvgIpc) is 2.20. The smallest absolute Gasteiger partial charge is 0.312 e. The number of nitrogens with zero attached hydrogens (tertiary/aromatic N) is 2. The molecule has 0 spiro atoms. The number of pyridine rings is 1. The van der Waals surface area contributed by atoms with E-state index in [0.29, 0.717) is 10.3 Å². The third-order valence-electron chi connectivity index (χ3n) is 2.37. The van der Waals surface area contributed by atoms with Crippen molar-refractivity contribution in [1.82, 2.24) is 4.98 Å². The van der Waals surface area contributed by atoms with E-state index in [4.69, 9.17) is 0 Å². The van der Waals surface area contributed by atoms with Crippen LogP contribution in [0.3, 0.4) is 0 Å². The molecule has 1 rings (SSSR count). The van der Waals surface area contributed by atoms with Gasteiger partial charge in [-0.2, -0.15) is 0 Å². The van der Waals surface area contributed by atoms with Crippen molar-refractivity contribution in [3.8, 4) is 0 Å². The van der Waals surface area contributed by atoms with E-state index < -0.39 is 4.92 Å². The van der Waals surface area contributed by atoms with Crippen molar-refractivity contribution >= 4 is 27.4 Å². The van der Waals surface area contributed by atoms with Crippen LogP contribution in [0.25, 0.3) is 0 Å². The highest BCUT2D eigenvalue weighted by Gasteiger charge is 2.22. The van der Waals surface area contributed by atoms with Crippen LogP contribution in [0.4, 0.5) is 11.5 Å². The zero-order valence-corrected chi connectivity index (χ0v) is 11.0. The summed E-state index contributed by atoms with van der Waals surface area (Å²) in [4.78, 5) is 14.4. The summed E-state index contributed by atoms with van der Waals surface area (Å²) in [5, 5.41) is 13.9. The van der Waals surface area contributed by atoms with Crippen molar-refractivity contribution in [2.75, 3.05) is 5.32 Å². The fourth-order valence-electron chi connectivity index (χ4n) is 1.07. The van der Waals surface area contributed by atoms with E-state index in [9.17, 15) is 10.1 Å². The Balaban J connectivity index is 3.09. The summed E-state index contributed by atoms with van der Waals surface area (Å²) in [7, 11) is 0. The molecule has 5 nitrogen and oxygen atoms in total. The van der Waals surface area contributed by atoms with E-state index in [1.54, 1.807) is 6.20 Å². The second-order valence-corrected chi connectivity index (χ2v) is 5.06. The van der Waals surface area contributed by atoms with Crippen LogP contribution in [0.5, 0.6) is 0 Å². The molecule has 1 N–H and O–H groups in total. The van der Waals surface area contributed by atoms with E-state index >= 15 is 0 Å². The molecule has 0 saturated carbocycles. The standard InChI is InChI=1S/C10H14BrN3O2/c1-4-10(2,3)13-9-8(14(15)16)5-7(11)6-12-9/h5-6H,4H2,1-3H3,(H,12,13). The normalized spacial score (nSPS) is 11.2. The van der Waals surface area contributed by atoms with Gasteiger partial charge in [-0.05, 0) is 36.2 Å². The minimum absolute atomic E-state index is 0.0177. The first kappa shape index (κ1) is 12.9. The molecular weight excluding hydrogens is 274 g/mol. The van der Waals surface area contributed by atoms with E-state index in [2.05, 4.69) is 26.2 Å².